The van der Waals surface area contributed by atoms with Crippen molar-refractivity contribution < 1.29 is 32.8 Å². The van der Waals surface area contributed by atoms with Gasteiger partial charge in [-0.2, -0.15) is 0 Å². The predicted molar refractivity (Wildman–Crippen MR) is 139 cm³/mol. The first-order chi connectivity index (χ1) is 18.3. The number of sulfone groups is 1. The van der Waals surface area contributed by atoms with E-state index in [1.807, 2.05) is 24.3 Å². The monoisotopic (exact) mass is 540 g/mol. The van der Waals surface area contributed by atoms with Gasteiger partial charge < -0.3 is 9.47 Å². The third-order valence-electron chi connectivity index (χ3n) is 6.68. The number of benzene rings is 3. The molecule has 1 aliphatic rings. The SMILES string of the molecule is O=C(NO)C1(S(=O)(=O)c2ccc(OCCCc3cccc(-c4ccc([N+](=O)[O-])cc4)c3)cc2)CCOCC1. The van der Waals surface area contributed by atoms with Crippen LogP contribution in [0.1, 0.15) is 24.8 Å². The summed E-state index contributed by atoms with van der Waals surface area (Å²) in [6, 6.07) is 20.2. The second kappa shape index (κ2) is 11.7. The lowest BCUT2D eigenvalue weighted by molar-refractivity contribution is -0.384. The third kappa shape index (κ3) is 5.69. The summed E-state index contributed by atoms with van der Waals surface area (Å²) in [6.07, 6.45) is 1.36. The molecule has 0 radical (unpaired) electrons. The number of hydrogen-bond acceptors (Lipinski definition) is 8. The van der Waals surface area contributed by atoms with Gasteiger partial charge in [0.1, 0.15) is 5.75 Å². The van der Waals surface area contributed by atoms with Gasteiger partial charge in [0.25, 0.3) is 11.6 Å². The molecule has 1 aliphatic heterocycles. The molecule has 0 atom stereocenters. The highest BCUT2D eigenvalue weighted by atomic mass is 32.2. The number of nitro benzene ring substituents is 1. The van der Waals surface area contributed by atoms with E-state index in [1.54, 1.807) is 24.3 Å². The molecule has 0 aliphatic carbocycles. The first kappa shape index (κ1) is 27.2. The van der Waals surface area contributed by atoms with E-state index in [4.69, 9.17) is 14.7 Å². The molecule has 38 heavy (non-hydrogen) atoms. The van der Waals surface area contributed by atoms with Crippen LogP contribution in [0, 0.1) is 10.1 Å². The average Bonchev–Trinajstić information content (AvgIpc) is 2.95. The molecule has 1 saturated heterocycles. The van der Waals surface area contributed by atoms with Crippen molar-refractivity contribution in [3.05, 3.63) is 88.5 Å². The molecule has 2 N–H and O–H groups in total. The van der Waals surface area contributed by atoms with Crippen LogP contribution in [0.15, 0.2) is 77.7 Å². The largest absolute Gasteiger partial charge is 0.494 e. The molecule has 1 fully saturated rings. The van der Waals surface area contributed by atoms with Gasteiger partial charge in [-0.3, -0.25) is 20.1 Å². The zero-order chi connectivity index (χ0) is 27.2. The molecule has 0 bridgehead atoms. The summed E-state index contributed by atoms with van der Waals surface area (Å²) in [5.74, 6) is -0.463. The lowest BCUT2D eigenvalue weighted by atomic mass is 9.98. The summed E-state index contributed by atoms with van der Waals surface area (Å²) in [6.45, 7) is 0.608. The van der Waals surface area contributed by atoms with E-state index in [1.165, 1.54) is 29.7 Å². The van der Waals surface area contributed by atoms with Gasteiger partial charge >= 0.3 is 0 Å². The van der Waals surface area contributed by atoms with Crippen LogP contribution in [0.4, 0.5) is 5.69 Å². The van der Waals surface area contributed by atoms with Crippen LogP contribution in [-0.4, -0.2) is 49.0 Å². The van der Waals surface area contributed by atoms with Gasteiger partial charge in [-0.25, -0.2) is 13.9 Å². The fraction of sp³-hybridized carbons (Fsp3) is 0.296. The lowest BCUT2D eigenvalue weighted by Gasteiger charge is -2.34. The van der Waals surface area contributed by atoms with Gasteiger partial charge in [0, 0.05) is 25.3 Å². The first-order valence-electron chi connectivity index (χ1n) is 12.1. The molecule has 0 aromatic heterocycles. The minimum absolute atomic E-state index is 0.0293. The maximum Gasteiger partial charge on any atom is 0.269 e. The maximum absolute atomic E-state index is 13.3. The zero-order valence-electron chi connectivity index (χ0n) is 20.5. The molecule has 3 aromatic rings. The average molecular weight is 541 g/mol. The highest BCUT2D eigenvalue weighted by Crippen LogP contribution is 2.36. The summed E-state index contributed by atoms with van der Waals surface area (Å²) >= 11 is 0. The smallest absolute Gasteiger partial charge is 0.269 e. The quantitative estimate of drug-likeness (QED) is 0.169. The van der Waals surface area contributed by atoms with Gasteiger partial charge in [0.2, 0.25) is 0 Å². The van der Waals surface area contributed by atoms with Crippen LogP contribution in [0.5, 0.6) is 5.75 Å². The Balaban J connectivity index is 1.35. The van der Waals surface area contributed by atoms with E-state index in [0.29, 0.717) is 18.8 Å². The Kier molecular flexibility index (Phi) is 8.40. The van der Waals surface area contributed by atoms with Crippen molar-refractivity contribution in [3.8, 4) is 16.9 Å². The molecular formula is C27H28N2O8S. The number of carbonyl (C=O) groups excluding carboxylic acids is 1. The lowest BCUT2D eigenvalue weighted by Crippen LogP contribution is -2.54. The topological polar surface area (TPSA) is 145 Å². The van der Waals surface area contributed by atoms with Gasteiger partial charge in [-0.15, -0.1) is 0 Å². The summed E-state index contributed by atoms with van der Waals surface area (Å²) in [4.78, 5) is 22.8. The summed E-state index contributed by atoms with van der Waals surface area (Å²) < 4.78 is 35.9. The van der Waals surface area contributed by atoms with Gasteiger partial charge in [-0.1, -0.05) is 24.3 Å². The molecular weight excluding hydrogens is 512 g/mol. The van der Waals surface area contributed by atoms with Crippen molar-refractivity contribution in [1.82, 2.24) is 5.48 Å². The van der Waals surface area contributed by atoms with Crippen molar-refractivity contribution in [3.63, 3.8) is 0 Å². The van der Waals surface area contributed by atoms with E-state index in [-0.39, 0.29) is 36.6 Å². The summed E-state index contributed by atoms with van der Waals surface area (Å²) in [5, 5.41) is 20.0. The number of amides is 1. The normalized spacial score (nSPS) is 15.0. The second-order valence-electron chi connectivity index (χ2n) is 8.98. The van der Waals surface area contributed by atoms with Crippen LogP contribution in [0.3, 0.4) is 0 Å². The maximum atomic E-state index is 13.3. The van der Waals surface area contributed by atoms with Crippen molar-refractivity contribution in [2.24, 2.45) is 0 Å². The Morgan fingerprint density at radius 3 is 2.34 bits per heavy atom. The van der Waals surface area contributed by atoms with Crippen molar-refractivity contribution in [2.45, 2.75) is 35.3 Å². The molecule has 3 aromatic carbocycles. The Morgan fingerprint density at radius 2 is 1.71 bits per heavy atom. The fourth-order valence-electron chi connectivity index (χ4n) is 4.51. The van der Waals surface area contributed by atoms with Crippen LogP contribution < -0.4 is 10.2 Å². The van der Waals surface area contributed by atoms with Gasteiger partial charge in [0.05, 0.1) is 16.4 Å². The molecule has 0 spiro atoms. The van der Waals surface area contributed by atoms with Crippen LogP contribution in [0.25, 0.3) is 11.1 Å². The molecule has 1 heterocycles. The number of aryl methyl sites for hydroxylation is 1. The van der Waals surface area contributed by atoms with Gasteiger partial charge in [-0.05, 0) is 78.8 Å². The summed E-state index contributed by atoms with van der Waals surface area (Å²) in [7, 11) is -4.09. The summed E-state index contributed by atoms with van der Waals surface area (Å²) in [5.41, 5.74) is 4.50. The molecule has 0 saturated carbocycles. The fourth-order valence-corrected chi connectivity index (χ4v) is 6.45. The van der Waals surface area contributed by atoms with E-state index >= 15 is 0 Å². The minimum Gasteiger partial charge on any atom is -0.494 e. The number of nitro groups is 1. The molecule has 11 heteroatoms. The van der Waals surface area contributed by atoms with E-state index in [9.17, 15) is 23.3 Å². The number of nitrogens with one attached hydrogen (secondary N) is 1. The van der Waals surface area contributed by atoms with E-state index in [0.717, 1.165) is 23.1 Å². The van der Waals surface area contributed by atoms with Crippen LogP contribution >= 0.6 is 0 Å². The van der Waals surface area contributed by atoms with Gasteiger partial charge in [0.15, 0.2) is 14.6 Å². The highest BCUT2D eigenvalue weighted by molar-refractivity contribution is 7.93. The predicted octanol–water partition coefficient (Wildman–Crippen LogP) is 4.10. The Hall–Kier alpha value is -3.80. The Labute approximate surface area is 220 Å². The van der Waals surface area contributed by atoms with Crippen molar-refractivity contribution >= 4 is 21.4 Å². The molecule has 0 unspecified atom stereocenters. The number of non-ortho nitro benzene ring substituents is 1. The number of carbonyl (C=O) groups is 1. The number of hydrogen-bond donors (Lipinski definition) is 2. The van der Waals surface area contributed by atoms with Crippen LogP contribution in [0.2, 0.25) is 0 Å². The van der Waals surface area contributed by atoms with Crippen LogP contribution in [-0.2, 0) is 25.8 Å². The van der Waals surface area contributed by atoms with Crippen molar-refractivity contribution in [2.75, 3.05) is 19.8 Å². The number of ether oxygens (including phenoxy) is 2. The number of rotatable bonds is 10. The van der Waals surface area contributed by atoms with E-state index in [2.05, 4.69) is 0 Å². The molecule has 4 rings (SSSR count). The first-order valence-corrected chi connectivity index (χ1v) is 13.6. The standard InChI is InChI=1S/C27H28N2O8S/c30-26(28-31)27(14-17-36-18-15-27)38(34,35)25-12-10-24(11-13-25)37-16-2-4-20-3-1-5-22(19-20)21-6-8-23(9-7-21)29(32)33/h1,3,5-13,19,31H,2,4,14-18H2,(H,28,30). The highest BCUT2D eigenvalue weighted by Gasteiger charge is 2.52. The Morgan fingerprint density at radius 1 is 1.03 bits per heavy atom. The van der Waals surface area contributed by atoms with E-state index < -0.39 is 25.4 Å². The zero-order valence-corrected chi connectivity index (χ0v) is 21.4. The van der Waals surface area contributed by atoms with Crippen molar-refractivity contribution in [1.29, 1.82) is 0 Å². The minimum atomic E-state index is -4.09. The molecule has 1 amide bonds. The molecule has 200 valence electrons. The second-order valence-corrected chi connectivity index (χ2v) is 11.2. The number of nitrogens with zero attached hydrogens (tertiary/aromatic N) is 1. The number of hydroxylamine groups is 1. The third-order valence-corrected chi connectivity index (χ3v) is 9.20. The Bertz CT molecular complexity index is 1380. The molecule has 10 nitrogen and oxygen atoms in total.